The van der Waals surface area contributed by atoms with Crippen LogP contribution < -0.4 is 5.32 Å². The first-order chi connectivity index (χ1) is 6.65. The summed E-state index contributed by atoms with van der Waals surface area (Å²) >= 11 is 0. The highest BCUT2D eigenvalue weighted by Crippen LogP contribution is 2.06. The van der Waals surface area contributed by atoms with Crippen LogP contribution in [-0.4, -0.2) is 27.2 Å². The summed E-state index contributed by atoms with van der Waals surface area (Å²) in [7, 11) is 0. The summed E-state index contributed by atoms with van der Waals surface area (Å²) in [6, 6.07) is -0.558. The van der Waals surface area contributed by atoms with Gasteiger partial charge in [-0.25, -0.2) is 9.78 Å². The number of imidazole rings is 1. The van der Waals surface area contributed by atoms with Crippen molar-refractivity contribution in [2.24, 2.45) is 0 Å². The van der Waals surface area contributed by atoms with Crippen molar-refractivity contribution in [3.05, 3.63) is 18.2 Å². The number of carboxylic acids is 1. The molecule has 0 spiro atoms. The van der Waals surface area contributed by atoms with E-state index in [0.717, 1.165) is 12.2 Å². The molecule has 78 valence electrons. The molecule has 0 saturated heterocycles. The van der Waals surface area contributed by atoms with E-state index in [1.54, 1.807) is 24.0 Å². The van der Waals surface area contributed by atoms with E-state index in [1.807, 2.05) is 6.92 Å². The Bertz CT molecular complexity index is 309. The van der Waals surface area contributed by atoms with Crippen molar-refractivity contribution >= 4 is 5.97 Å². The summed E-state index contributed by atoms with van der Waals surface area (Å²) in [5, 5.41) is 11.9. The summed E-state index contributed by atoms with van der Waals surface area (Å²) in [5.41, 5.74) is 0.861. The minimum Gasteiger partial charge on any atom is -0.480 e. The van der Waals surface area contributed by atoms with Crippen LogP contribution in [0.2, 0.25) is 0 Å². The lowest BCUT2D eigenvalue weighted by Gasteiger charge is -2.05. The van der Waals surface area contributed by atoms with Crippen molar-refractivity contribution in [3.63, 3.8) is 0 Å². The number of hydrogen-bond acceptors (Lipinski definition) is 3. The first kappa shape index (κ1) is 10.7. The number of carbonyl (C=O) groups is 1. The van der Waals surface area contributed by atoms with Crippen molar-refractivity contribution in [2.75, 3.05) is 6.54 Å². The molecular formula is C9H15N3O2. The minimum atomic E-state index is -0.850. The first-order valence-corrected chi connectivity index (χ1v) is 4.61. The number of carboxylic acid groups (broad SMARTS) is 1. The highest BCUT2D eigenvalue weighted by molar-refractivity contribution is 5.71. The Hall–Kier alpha value is -1.36. The van der Waals surface area contributed by atoms with E-state index in [2.05, 4.69) is 10.3 Å². The van der Waals surface area contributed by atoms with Gasteiger partial charge in [-0.3, -0.25) is 0 Å². The molecule has 0 aliphatic rings. The molecule has 0 aliphatic heterocycles. The molecule has 1 unspecified atom stereocenters. The van der Waals surface area contributed by atoms with Gasteiger partial charge in [0.2, 0.25) is 0 Å². The van der Waals surface area contributed by atoms with Gasteiger partial charge in [0, 0.05) is 12.7 Å². The van der Waals surface area contributed by atoms with Crippen LogP contribution in [0.3, 0.4) is 0 Å². The highest BCUT2D eigenvalue weighted by atomic mass is 16.4. The van der Waals surface area contributed by atoms with E-state index in [4.69, 9.17) is 5.11 Å². The number of hydrogen-bond donors (Lipinski definition) is 2. The average Bonchev–Trinajstić information content (AvgIpc) is 2.61. The van der Waals surface area contributed by atoms with Crippen LogP contribution in [-0.2, 0) is 11.3 Å². The summed E-state index contributed by atoms with van der Waals surface area (Å²) in [4.78, 5) is 14.8. The average molecular weight is 197 g/mol. The molecule has 1 aromatic rings. The van der Waals surface area contributed by atoms with E-state index in [1.165, 1.54) is 0 Å². The molecule has 0 aromatic carbocycles. The molecule has 0 radical (unpaired) electrons. The fourth-order valence-electron chi connectivity index (χ4n) is 1.06. The number of nitrogens with one attached hydrogen (secondary N) is 1. The third-order valence-corrected chi connectivity index (χ3v) is 2.02. The quantitative estimate of drug-likeness (QED) is 0.726. The topological polar surface area (TPSA) is 67.2 Å². The highest BCUT2D eigenvalue weighted by Gasteiger charge is 2.12. The number of nitrogens with zero attached hydrogens (tertiary/aromatic N) is 2. The van der Waals surface area contributed by atoms with Crippen molar-refractivity contribution in [1.82, 2.24) is 14.9 Å². The molecule has 0 aliphatic carbocycles. The standard InChI is InChI=1S/C9H15N3O2/c1-3-10-4-8-5-12(6-11-8)7(2)9(13)14/h5-7,10H,3-4H2,1-2H3,(H,13,14). The molecule has 0 amide bonds. The SMILES string of the molecule is CCNCc1cn(C(C)C(=O)O)cn1. The third-order valence-electron chi connectivity index (χ3n) is 2.02. The molecule has 14 heavy (non-hydrogen) atoms. The van der Waals surface area contributed by atoms with Crippen molar-refractivity contribution in [2.45, 2.75) is 26.4 Å². The zero-order chi connectivity index (χ0) is 10.6. The van der Waals surface area contributed by atoms with E-state index in [-0.39, 0.29) is 0 Å². The van der Waals surface area contributed by atoms with Crippen LogP contribution in [0.4, 0.5) is 0 Å². The lowest BCUT2D eigenvalue weighted by Crippen LogP contribution is -2.14. The predicted molar refractivity (Wildman–Crippen MR) is 52.0 cm³/mol. The molecule has 0 saturated carbocycles. The molecule has 1 atom stereocenters. The van der Waals surface area contributed by atoms with Crippen LogP contribution in [0.5, 0.6) is 0 Å². The summed E-state index contributed by atoms with van der Waals surface area (Å²) < 4.78 is 1.59. The second-order valence-corrected chi connectivity index (χ2v) is 3.11. The zero-order valence-electron chi connectivity index (χ0n) is 8.40. The number of aromatic nitrogens is 2. The van der Waals surface area contributed by atoms with E-state index in [0.29, 0.717) is 6.54 Å². The van der Waals surface area contributed by atoms with Crippen molar-refractivity contribution in [1.29, 1.82) is 0 Å². The maximum atomic E-state index is 10.7. The molecule has 1 aromatic heterocycles. The van der Waals surface area contributed by atoms with Gasteiger partial charge < -0.3 is 15.0 Å². The van der Waals surface area contributed by atoms with Crippen LogP contribution in [0.15, 0.2) is 12.5 Å². The summed E-state index contributed by atoms with van der Waals surface area (Å²) in [6.45, 7) is 5.19. The smallest absolute Gasteiger partial charge is 0.326 e. The second-order valence-electron chi connectivity index (χ2n) is 3.11. The Morgan fingerprint density at radius 1 is 1.79 bits per heavy atom. The van der Waals surface area contributed by atoms with Gasteiger partial charge in [0.05, 0.1) is 12.0 Å². The zero-order valence-corrected chi connectivity index (χ0v) is 8.40. The lowest BCUT2D eigenvalue weighted by molar-refractivity contribution is -0.140. The summed E-state index contributed by atoms with van der Waals surface area (Å²) in [6.07, 6.45) is 3.30. The Morgan fingerprint density at radius 3 is 3.07 bits per heavy atom. The van der Waals surface area contributed by atoms with Gasteiger partial charge in [-0.1, -0.05) is 6.92 Å². The normalized spacial score (nSPS) is 12.7. The van der Waals surface area contributed by atoms with Crippen LogP contribution in [0, 0.1) is 0 Å². The van der Waals surface area contributed by atoms with Crippen LogP contribution in [0.1, 0.15) is 25.6 Å². The largest absolute Gasteiger partial charge is 0.480 e. The molecule has 2 N–H and O–H groups in total. The van der Waals surface area contributed by atoms with Crippen LogP contribution in [0.25, 0.3) is 0 Å². The van der Waals surface area contributed by atoms with E-state index >= 15 is 0 Å². The Balaban J connectivity index is 2.63. The lowest BCUT2D eigenvalue weighted by atomic mass is 10.3. The maximum absolute atomic E-state index is 10.7. The number of aliphatic carboxylic acids is 1. The van der Waals surface area contributed by atoms with Gasteiger partial charge in [-0.15, -0.1) is 0 Å². The predicted octanol–water partition coefficient (Wildman–Crippen LogP) is 0.638. The maximum Gasteiger partial charge on any atom is 0.326 e. The molecule has 0 fully saturated rings. The molecule has 0 bridgehead atoms. The summed E-state index contributed by atoms with van der Waals surface area (Å²) in [5.74, 6) is -0.850. The van der Waals surface area contributed by atoms with Gasteiger partial charge >= 0.3 is 5.97 Å². The second kappa shape index (κ2) is 4.76. The van der Waals surface area contributed by atoms with Gasteiger partial charge in [-0.05, 0) is 13.5 Å². The minimum absolute atomic E-state index is 0.558. The van der Waals surface area contributed by atoms with Gasteiger partial charge in [0.15, 0.2) is 0 Å². The monoisotopic (exact) mass is 197 g/mol. The first-order valence-electron chi connectivity index (χ1n) is 4.61. The molecular weight excluding hydrogens is 182 g/mol. The van der Waals surface area contributed by atoms with E-state index < -0.39 is 12.0 Å². The van der Waals surface area contributed by atoms with Crippen LogP contribution >= 0.6 is 0 Å². The fraction of sp³-hybridized carbons (Fsp3) is 0.556. The Kier molecular flexibility index (Phi) is 3.64. The molecule has 5 heteroatoms. The number of rotatable bonds is 5. The van der Waals surface area contributed by atoms with Crippen molar-refractivity contribution < 1.29 is 9.90 Å². The molecule has 1 heterocycles. The van der Waals surface area contributed by atoms with Crippen molar-refractivity contribution in [3.8, 4) is 0 Å². The fourth-order valence-corrected chi connectivity index (χ4v) is 1.06. The Morgan fingerprint density at radius 2 is 2.50 bits per heavy atom. The third kappa shape index (κ3) is 2.56. The van der Waals surface area contributed by atoms with Gasteiger partial charge in [-0.2, -0.15) is 0 Å². The Labute approximate surface area is 82.8 Å². The van der Waals surface area contributed by atoms with Gasteiger partial charge in [0.25, 0.3) is 0 Å². The van der Waals surface area contributed by atoms with Gasteiger partial charge in [0.1, 0.15) is 6.04 Å². The molecule has 5 nitrogen and oxygen atoms in total. The van der Waals surface area contributed by atoms with E-state index in [9.17, 15) is 4.79 Å². The molecule has 1 rings (SSSR count).